The van der Waals surface area contributed by atoms with E-state index in [-0.39, 0.29) is 5.82 Å². The molecular formula is C16H22ClFN6. The Balaban J connectivity index is 1.53. The zero-order chi connectivity index (χ0) is 16.9. The van der Waals surface area contributed by atoms with Crippen LogP contribution in [0.5, 0.6) is 0 Å². The van der Waals surface area contributed by atoms with Crippen LogP contribution in [-0.2, 0) is 19.6 Å². The van der Waals surface area contributed by atoms with Crippen LogP contribution in [0.25, 0.3) is 0 Å². The van der Waals surface area contributed by atoms with Crippen molar-refractivity contribution >= 4 is 11.6 Å². The number of halogens is 2. The van der Waals surface area contributed by atoms with Crippen LogP contribution in [0.1, 0.15) is 24.7 Å². The molecule has 0 aliphatic carbocycles. The van der Waals surface area contributed by atoms with Crippen molar-refractivity contribution in [2.75, 3.05) is 26.2 Å². The van der Waals surface area contributed by atoms with Crippen LogP contribution in [-0.4, -0.2) is 56.2 Å². The molecule has 0 atom stereocenters. The summed E-state index contributed by atoms with van der Waals surface area (Å²) >= 11 is 6.12. The molecule has 6 nitrogen and oxygen atoms in total. The van der Waals surface area contributed by atoms with Crippen molar-refractivity contribution in [1.29, 1.82) is 0 Å². The van der Waals surface area contributed by atoms with Crippen LogP contribution in [0.15, 0.2) is 18.2 Å². The summed E-state index contributed by atoms with van der Waals surface area (Å²) in [6, 6.07) is 4.84. The van der Waals surface area contributed by atoms with Gasteiger partial charge in [0.05, 0.1) is 6.54 Å². The zero-order valence-corrected chi connectivity index (χ0v) is 14.6. The molecule has 1 fully saturated rings. The molecule has 1 aromatic carbocycles. The van der Waals surface area contributed by atoms with Crippen LogP contribution in [0, 0.1) is 5.82 Å². The first-order valence-electron chi connectivity index (χ1n) is 8.30. The van der Waals surface area contributed by atoms with E-state index in [1.807, 2.05) is 4.68 Å². The number of tetrazole rings is 1. The quantitative estimate of drug-likeness (QED) is 0.797. The van der Waals surface area contributed by atoms with Crippen LogP contribution in [0.4, 0.5) is 4.39 Å². The summed E-state index contributed by atoms with van der Waals surface area (Å²) in [6.07, 6.45) is 1.01. The predicted molar refractivity (Wildman–Crippen MR) is 90.1 cm³/mol. The second-order valence-electron chi connectivity index (χ2n) is 6.07. The van der Waals surface area contributed by atoms with E-state index in [2.05, 4.69) is 32.2 Å². The topological polar surface area (TPSA) is 50.1 Å². The maximum Gasteiger partial charge on any atom is 0.165 e. The number of nitrogens with zero attached hydrogens (tertiary/aromatic N) is 6. The summed E-state index contributed by atoms with van der Waals surface area (Å²) in [6.45, 7) is 7.82. The lowest BCUT2D eigenvalue weighted by Gasteiger charge is -2.34. The fourth-order valence-corrected chi connectivity index (χ4v) is 3.16. The van der Waals surface area contributed by atoms with Gasteiger partial charge < -0.3 is 0 Å². The molecule has 0 radical (unpaired) electrons. The first-order valence-corrected chi connectivity index (χ1v) is 8.67. The Labute approximate surface area is 146 Å². The molecule has 0 bridgehead atoms. The fraction of sp³-hybridized carbons (Fsp3) is 0.562. The van der Waals surface area contributed by atoms with E-state index < -0.39 is 0 Å². The standard InChI is InChI=1S/C16H22ClFN6/c1-2-6-24-16(19-20-21-24)12-23-9-7-22(8-10-23)11-13-14(17)4-3-5-15(13)18/h3-5H,2,6-12H2,1H3. The van der Waals surface area contributed by atoms with Gasteiger partial charge in [-0.1, -0.05) is 24.6 Å². The van der Waals surface area contributed by atoms with Gasteiger partial charge in [-0.05, 0) is 29.0 Å². The highest BCUT2D eigenvalue weighted by Crippen LogP contribution is 2.21. The highest BCUT2D eigenvalue weighted by molar-refractivity contribution is 6.31. The van der Waals surface area contributed by atoms with Gasteiger partial charge in [-0.25, -0.2) is 9.07 Å². The van der Waals surface area contributed by atoms with Gasteiger partial charge in [-0.15, -0.1) is 5.10 Å². The molecule has 0 N–H and O–H groups in total. The predicted octanol–water partition coefficient (Wildman–Crippen LogP) is 2.19. The molecule has 24 heavy (non-hydrogen) atoms. The second kappa shape index (κ2) is 8.00. The van der Waals surface area contributed by atoms with Gasteiger partial charge in [0.1, 0.15) is 5.82 Å². The van der Waals surface area contributed by atoms with Gasteiger partial charge in [0.25, 0.3) is 0 Å². The molecule has 1 aliphatic heterocycles. The largest absolute Gasteiger partial charge is 0.296 e. The number of hydrogen-bond acceptors (Lipinski definition) is 5. The van der Waals surface area contributed by atoms with Crippen LogP contribution in [0.3, 0.4) is 0 Å². The number of piperazine rings is 1. The third-order valence-electron chi connectivity index (χ3n) is 4.31. The summed E-state index contributed by atoms with van der Waals surface area (Å²) in [5.41, 5.74) is 0.583. The van der Waals surface area contributed by atoms with Crippen molar-refractivity contribution in [3.05, 3.63) is 40.4 Å². The molecule has 1 saturated heterocycles. The van der Waals surface area contributed by atoms with Gasteiger partial charge >= 0.3 is 0 Å². The Hall–Kier alpha value is -1.57. The van der Waals surface area contributed by atoms with Gasteiger partial charge in [0, 0.05) is 49.9 Å². The summed E-state index contributed by atoms with van der Waals surface area (Å²) < 4.78 is 15.8. The van der Waals surface area contributed by atoms with E-state index in [4.69, 9.17) is 11.6 Å². The molecule has 0 amide bonds. The summed E-state index contributed by atoms with van der Waals surface area (Å²) in [5.74, 6) is 0.672. The Morgan fingerprint density at radius 3 is 2.50 bits per heavy atom. The molecule has 8 heteroatoms. The van der Waals surface area contributed by atoms with Gasteiger partial charge in [-0.3, -0.25) is 9.80 Å². The lowest BCUT2D eigenvalue weighted by atomic mass is 10.2. The fourth-order valence-electron chi connectivity index (χ4n) is 2.93. The van der Waals surface area contributed by atoms with Crippen molar-refractivity contribution in [3.63, 3.8) is 0 Å². The van der Waals surface area contributed by atoms with Gasteiger partial charge in [-0.2, -0.15) is 0 Å². The highest BCUT2D eigenvalue weighted by atomic mass is 35.5. The normalized spacial score (nSPS) is 16.6. The minimum Gasteiger partial charge on any atom is -0.296 e. The second-order valence-corrected chi connectivity index (χ2v) is 6.48. The molecular weight excluding hydrogens is 331 g/mol. The number of rotatable bonds is 6. The molecule has 3 rings (SSSR count). The maximum atomic E-state index is 13.9. The van der Waals surface area contributed by atoms with Crippen molar-refractivity contribution < 1.29 is 4.39 Å². The lowest BCUT2D eigenvalue weighted by Crippen LogP contribution is -2.45. The summed E-state index contributed by atoms with van der Waals surface area (Å²) in [5, 5.41) is 12.4. The molecule has 2 aromatic rings. The average molecular weight is 353 g/mol. The molecule has 0 saturated carbocycles. The maximum absolute atomic E-state index is 13.9. The Morgan fingerprint density at radius 2 is 1.83 bits per heavy atom. The summed E-state index contributed by atoms with van der Waals surface area (Å²) in [7, 11) is 0. The average Bonchev–Trinajstić information content (AvgIpc) is 3.00. The third-order valence-corrected chi connectivity index (χ3v) is 4.67. The monoisotopic (exact) mass is 352 g/mol. The Morgan fingerprint density at radius 1 is 1.12 bits per heavy atom. The van der Waals surface area contributed by atoms with E-state index >= 15 is 0 Å². The zero-order valence-electron chi connectivity index (χ0n) is 13.8. The molecule has 2 heterocycles. The van der Waals surface area contributed by atoms with Crippen LogP contribution >= 0.6 is 11.6 Å². The first kappa shape index (κ1) is 17.3. The highest BCUT2D eigenvalue weighted by Gasteiger charge is 2.20. The lowest BCUT2D eigenvalue weighted by molar-refractivity contribution is 0.117. The number of aromatic nitrogens is 4. The van der Waals surface area contributed by atoms with Gasteiger partial charge in [0.2, 0.25) is 0 Å². The van der Waals surface area contributed by atoms with E-state index in [0.29, 0.717) is 17.1 Å². The smallest absolute Gasteiger partial charge is 0.165 e. The van der Waals surface area contributed by atoms with Crippen LogP contribution in [0.2, 0.25) is 5.02 Å². The third kappa shape index (κ3) is 4.09. The van der Waals surface area contributed by atoms with E-state index in [9.17, 15) is 4.39 Å². The minimum atomic E-state index is -0.233. The summed E-state index contributed by atoms with van der Waals surface area (Å²) in [4.78, 5) is 4.56. The van der Waals surface area contributed by atoms with Crippen molar-refractivity contribution in [3.8, 4) is 0 Å². The van der Waals surface area contributed by atoms with Gasteiger partial charge in [0.15, 0.2) is 5.82 Å². The van der Waals surface area contributed by atoms with E-state index in [1.54, 1.807) is 12.1 Å². The molecule has 1 aliphatic rings. The van der Waals surface area contributed by atoms with E-state index in [1.165, 1.54) is 6.07 Å². The molecule has 0 spiro atoms. The number of benzene rings is 1. The minimum absolute atomic E-state index is 0.233. The Kier molecular flexibility index (Phi) is 5.76. The van der Waals surface area contributed by atoms with E-state index in [0.717, 1.165) is 51.5 Å². The van der Waals surface area contributed by atoms with Crippen molar-refractivity contribution in [1.82, 2.24) is 30.0 Å². The van der Waals surface area contributed by atoms with Crippen molar-refractivity contribution in [2.24, 2.45) is 0 Å². The number of aryl methyl sites for hydroxylation is 1. The SMILES string of the molecule is CCCn1nnnc1CN1CCN(Cc2c(F)cccc2Cl)CC1. The number of hydrogen-bond donors (Lipinski definition) is 0. The molecule has 130 valence electrons. The first-order chi connectivity index (χ1) is 11.7. The van der Waals surface area contributed by atoms with Crippen LogP contribution < -0.4 is 0 Å². The molecule has 0 unspecified atom stereocenters. The Bertz CT molecular complexity index is 648. The van der Waals surface area contributed by atoms with Crippen molar-refractivity contribution in [2.45, 2.75) is 33.0 Å². The molecule has 1 aromatic heterocycles.